The first kappa shape index (κ1) is 29.5. The van der Waals surface area contributed by atoms with Crippen molar-refractivity contribution < 1.29 is 23.4 Å². The van der Waals surface area contributed by atoms with Gasteiger partial charge in [-0.15, -0.1) is 0 Å². The summed E-state index contributed by atoms with van der Waals surface area (Å²) in [5.41, 5.74) is 4.33. The number of furan rings is 1. The van der Waals surface area contributed by atoms with Crippen LogP contribution in [0.25, 0.3) is 22.5 Å². The average molecular weight is 638 g/mol. The molecule has 0 unspecified atom stereocenters. The number of ether oxygens (including phenoxy) is 4. The van der Waals surface area contributed by atoms with Crippen LogP contribution in [0.15, 0.2) is 105 Å². The lowest BCUT2D eigenvalue weighted by Crippen LogP contribution is -2.01. The highest BCUT2D eigenvalue weighted by molar-refractivity contribution is 9.10. The molecule has 0 radical (unpaired) electrons. The fourth-order valence-corrected chi connectivity index (χ4v) is 5.10. The van der Waals surface area contributed by atoms with Crippen LogP contribution in [-0.4, -0.2) is 27.0 Å². The van der Waals surface area contributed by atoms with Gasteiger partial charge in [0.25, 0.3) is 0 Å². The lowest BCUT2D eigenvalue weighted by molar-refractivity contribution is 0.267. The molecule has 216 valence electrons. The Labute approximate surface area is 259 Å². The van der Waals surface area contributed by atoms with Gasteiger partial charge in [-0.05, 0) is 88.1 Å². The van der Waals surface area contributed by atoms with Crippen molar-refractivity contribution in [2.45, 2.75) is 13.5 Å². The Morgan fingerprint density at radius 2 is 1.51 bits per heavy atom. The third kappa shape index (κ3) is 6.74. The molecule has 5 rings (SSSR count). The summed E-state index contributed by atoms with van der Waals surface area (Å²) >= 11 is 3.63. The first-order valence-corrected chi connectivity index (χ1v) is 14.4. The van der Waals surface area contributed by atoms with Gasteiger partial charge in [0.2, 0.25) is 5.88 Å². The summed E-state index contributed by atoms with van der Waals surface area (Å²) in [6, 6.07) is 30.9. The van der Waals surface area contributed by atoms with Crippen LogP contribution in [0, 0.1) is 11.3 Å². The standard InChI is InChI=1S/C35H29BrN2O5/c1-4-41-31-19-24(18-30(36)34(31)42-22-23-8-6-5-7-9-23)21-38-35-29(20-37)32(25-10-14-27(39-2)15-11-25)33(43-35)26-12-16-28(40-3)17-13-26/h5-19,21H,4,22H2,1-3H3. The summed E-state index contributed by atoms with van der Waals surface area (Å²) in [5, 5.41) is 10.3. The van der Waals surface area contributed by atoms with Crippen LogP contribution < -0.4 is 18.9 Å². The van der Waals surface area contributed by atoms with Gasteiger partial charge in [0.05, 0.1) is 25.3 Å². The monoisotopic (exact) mass is 636 g/mol. The fraction of sp³-hybridized carbons (Fsp3) is 0.143. The van der Waals surface area contributed by atoms with Crippen molar-refractivity contribution in [3.63, 3.8) is 0 Å². The summed E-state index contributed by atoms with van der Waals surface area (Å²) < 4.78 is 29.7. The minimum atomic E-state index is 0.192. The van der Waals surface area contributed by atoms with Crippen LogP contribution in [-0.2, 0) is 6.61 Å². The van der Waals surface area contributed by atoms with Crippen molar-refractivity contribution in [2.75, 3.05) is 20.8 Å². The van der Waals surface area contributed by atoms with E-state index in [4.69, 9.17) is 23.4 Å². The predicted molar refractivity (Wildman–Crippen MR) is 171 cm³/mol. The van der Waals surface area contributed by atoms with Gasteiger partial charge in [-0.1, -0.05) is 42.5 Å². The number of halogens is 1. The van der Waals surface area contributed by atoms with Crippen molar-refractivity contribution >= 4 is 28.0 Å². The molecule has 0 amide bonds. The fourth-order valence-electron chi connectivity index (χ4n) is 4.52. The summed E-state index contributed by atoms with van der Waals surface area (Å²) in [5.74, 6) is 3.32. The van der Waals surface area contributed by atoms with Gasteiger partial charge in [0.15, 0.2) is 11.5 Å². The molecule has 0 aliphatic carbocycles. The zero-order valence-electron chi connectivity index (χ0n) is 24.0. The molecule has 0 aliphatic heterocycles. The molecule has 8 heteroatoms. The predicted octanol–water partition coefficient (Wildman–Crippen LogP) is 8.99. The largest absolute Gasteiger partial charge is 0.497 e. The van der Waals surface area contributed by atoms with E-state index in [9.17, 15) is 5.26 Å². The molecule has 0 fully saturated rings. The molecule has 0 N–H and O–H groups in total. The molecular weight excluding hydrogens is 608 g/mol. The zero-order chi connectivity index (χ0) is 30.2. The van der Waals surface area contributed by atoms with E-state index in [1.165, 1.54) is 0 Å². The van der Waals surface area contributed by atoms with Crippen molar-refractivity contribution in [1.29, 1.82) is 5.26 Å². The highest BCUT2D eigenvalue weighted by Crippen LogP contribution is 2.43. The molecule has 5 aromatic rings. The SMILES string of the molecule is CCOc1cc(C=Nc2oc(-c3ccc(OC)cc3)c(-c3ccc(OC)cc3)c2C#N)cc(Br)c1OCc1ccccc1. The first-order chi connectivity index (χ1) is 21.0. The van der Waals surface area contributed by atoms with Gasteiger partial charge in [0.1, 0.15) is 35.5 Å². The Bertz CT molecular complexity index is 1760. The molecule has 4 aromatic carbocycles. The second kappa shape index (κ2) is 13.8. The maximum atomic E-state index is 10.3. The van der Waals surface area contributed by atoms with E-state index in [1.54, 1.807) is 20.4 Å². The number of methoxy groups -OCH3 is 2. The molecular formula is C35H29BrN2O5. The Morgan fingerprint density at radius 1 is 0.860 bits per heavy atom. The molecule has 0 bridgehead atoms. The van der Waals surface area contributed by atoms with Crippen molar-refractivity contribution in [3.05, 3.63) is 112 Å². The van der Waals surface area contributed by atoms with Crippen LogP contribution >= 0.6 is 15.9 Å². The summed E-state index contributed by atoms with van der Waals surface area (Å²) in [7, 11) is 3.23. The minimum Gasteiger partial charge on any atom is -0.497 e. The van der Waals surface area contributed by atoms with Gasteiger partial charge >= 0.3 is 0 Å². The molecule has 0 atom stereocenters. The Morgan fingerprint density at radius 3 is 2.12 bits per heavy atom. The molecule has 0 saturated carbocycles. The number of nitriles is 1. The Balaban J connectivity index is 1.53. The number of hydrogen-bond acceptors (Lipinski definition) is 7. The lowest BCUT2D eigenvalue weighted by atomic mass is 9.98. The topological polar surface area (TPSA) is 86.2 Å². The molecule has 1 heterocycles. The van der Waals surface area contributed by atoms with Crippen LogP contribution in [0.1, 0.15) is 23.6 Å². The number of rotatable bonds is 11. The Kier molecular flexibility index (Phi) is 9.45. The van der Waals surface area contributed by atoms with Gasteiger partial charge in [0, 0.05) is 17.3 Å². The van der Waals surface area contributed by atoms with E-state index in [2.05, 4.69) is 27.0 Å². The third-order valence-electron chi connectivity index (χ3n) is 6.62. The minimum absolute atomic E-state index is 0.192. The van der Waals surface area contributed by atoms with Crippen LogP contribution in [0.5, 0.6) is 23.0 Å². The molecule has 0 saturated heterocycles. The van der Waals surface area contributed by atoms with E-state index in [0.29, 0.717) is 57.6 Å². The van der Waals surface area contributed by atoms with E-state index in [-0.39, 0.29) is 5.88 Å². The second-order valence-electron chi connectivity index (χ2n) is 9.35. The van der Waals surface area contributed by atoms with Crippen molar-refractivity contribution in [3.8, 4) is 51.5 Å². The molecule has 0 aliphatic rings. The second-order valence-corrected chi connectivity index (χ2v) is 10.2. The maximum absolute atomic E-state index is 10.3. The molecule has 0 spiro atoms. The number of nitrogens with zero attached hydrogens (tertiary/aromatic N) is 2. The smallest absolute Gasteiger partial charge is 0.238 e. The maximum Gasteiger partial charge on any atom is 0.238 e. The quantitative estimate of drug-likeness (QED) is 0.134. The summed E-state index contributed by atoms with van der Waals surface area (Å²) in [4.78, 5) is 4.63. The van der Waals surface area contributed by atoms with Gasteiger partial charge in [-0.3, -0.25) is 0 Å². The number of aliphatic imine (C=N–C) groups is 1. The molecule has 7 nitrogen and oxygen atoms in total. The van der Waals surface area contributed by atoms with E-state index in [0.717, 1.165) is 22.3 Å². The highest BCUT2D eigenvalue weighted by Gasteiger charge is 2.23. The Hall–Kier alpha value is -5.00. The number of benzene rings is 4. The third-order valence-corrected chi connectivity index (χ3v) is 7.21. The first-order valence-electron chi connectivity index (χ1n) is 13.6. The van der Waals surface area contributed by atoms with E-state index < -0.39 is 0 Å². The lowest BCUT2D eigenvalue weighted by Gasteiger charge is -2.14. The highest BCUT2D eigenvalue weighted by atomic mass is 79.9. The van der Waals surface area contributed by atoms with Crippen LogP contribution in [0.2, 0.25) is 0 Å². The molecule has 43 heavy (non-hydrogen) atoms. The van der Waals surface area contributed by atoms with Crippen molar-refractivity contribution in [1.82, 2.24) is 0 Å². The summed E-state index contributed by atoms with van der Waals surface area (Å²) in [6.45, 7) is 2.77. The number of hydrogen-bond donors (Lipinski definition) is 0. The molecule has 1 aromatic heterocycles. The normalized spacial score (nSPS) is 10.9. The van der Waals surface area contributed by atoms with Crippen LogP contribution in [0.4, 0.5) is 5.88 Å². The van der Waals surface area contributed by atoms with Crippen LogP contribution in [0.3, 0.4) is 0 Å². The van der Waals surface area contributed by atoms with E-state index in [1.807, 2.05) is 97.9 Å². The summed E-state index contributed by atoms with van der Waals surface area (Å²) in [6.07, 6.45) is 1.64. The van der Waals surface area contributed by atoms with Crippen molar-refractivity contribution in [2.24, 2.45) is 4.99 Å². The van der Waals surface area contributed by atoms with Gasteiger partial charge < -0.3 is 23.4 Å². The average Bonchev–Trinajstić information content (AvgIpc) is 3.42. The van der Waals surface area contributed by atoms with Gasteiger partial charge in [-0.2, -0.15) is 5.26 Å². The van der Waals surface area contributed by atoms with Gasteiger partial charge in [-0.25, -0.2) is 4.99 Å². The zero-order valence-corrected chi connectivity index (χ0v) is 25.6. The van der Waals surface area contributed by atoms with E-state index >= 15 is 0 Å².